The van der Waals surface area contributed by atoms with Gasteiger partial charge in [0.2, 0.25) is 5.91 Å². The number of benzene rings is 2. The monoisotopic (exact) mass is 372 g/mol. The summed E-state index contributed by atoms with van der Waals surface area (Å²) in [7, 11) is 1.63. The number of rotatable bonds is 11. The van der Waals surface area contributed by atoms with Crippen molar-refractivity contribution in [2.75, 3.05) is 32.2 Å². The summed E-state index contributed by atoms with van der Waals surface area (Å²) in [6.45, 7) is 5.66. The molecule has 0 saturated carbocycles. The topological polar surface area (TPSA) is 68.8 Å². The highest BCUT2D eigenvalue weighted by atomic mass is 16.5. The van der Waals surface area contributed by atoms with Gasteiger partial charge in [-0.15, -0.1) is 0 Å². The predicted octanol–water partition coefficient (Wildman–Crippen LogP) is 3.23. The molecular weight excluding hydrogens is 344 g/mol. The van der Waals surface area contributed by atoms with Crippen molar-refractivity contribution in [3.8, 4) is 11.5 Å². The van der Waals surface area contributed by atoms with Crippen LogP contribution in [0, 0.1) is 0 Å². The molecule has 0 heterocycles. The molecule has 0 fully saturated rings. The molecule has 0 spiro atoms. The second-order valence-corrected chi connectivity index (χ2v) is 6.31. The maximum atomic E-state index is 12.1. The minimum absolute atomic E-state index is 0.0804. The fourth-order valence-corrected chi connectivity index (χ4v) is 2.34. The molecule has 0 saturated heterocycles. The van der Waals surface area contributed by atoms with Crippen LogP contribution in [0.4, 0.5) is 5.69 Å². The van der Waals surface area contributed by atoms with Crippen molar-refractivity contribution in [3.05, 3.63) is 54.1 Å². The van der Waals surface area contributed by atoms with Crippen molar-refractivity contribution in [1.82, 2.24) is 5.32 Å². The number of ether oxygens (including phenoxy) is 3. The molecule has 0 aliphatic heterocycles. The van der Waals surface area contributed by atoms with Crippen molar-refractivity contribution in [1.29, 1.82) is 0 Å². The van der Waals surface area contributed by atoms with E-state index in [1.807, 2.05) is 62.4 Å². The van der Waals surface area contributed by atoms with Crippen LogP contribution in [0.15, 0.2) is 48.5 Å². The summed E-state index contributed by atoms with van der Waals surface area (Å²) in [6.07, 6.45) is 0.144. The van der Waals surface area contributed by atoms with Crippen LogP contribution in [0.1, 0.15) is 19.4 Å². The standard InChI is InChI=1S/C21H28N2O4/c1-16(2)27-19-9-7-17(8-10-19)14-23-21(24)15-22-18-5-4-6-20(13-18)26-12-11-25-3/h4-10,13,16,22H,11-12,14-15H2,1-3H3,(H,23,24). The van der Waals surface area contributed by atoms with Crippen molar-refractivity contribution in [2.24, 2.45) is 0 Å². The molecule has 1 amide bonds. The number of anilines is 1. The molecule has 2 aromatic rings. The van der Waals surface area contributed by atoms with Crippen LogP contribution < -0.4 is 20.1 Å². The summed E-state index contributed by atoms with van der Waals surface area (Å²) < 4.78 is 16.1. The molecule has 0 atom stereocenters. The van der Waals surface area contributed by atoms with Crippen LogP contribution in [0.25, 0.3) is 0 Å². The summed E-state index contributed by atoms with van der Waals surface area (Å²) in [5, 5.41) is 5.99. The van der Waals surface area contributed by atoms with E-state index in [0.29, 0.717) is 19.8 Å². The van der Waals surface area contributed by atoms with Gasteiger partial charge in [0.25, 0.3) is 0 Å². The third kappa shape index (κ3) is 8.00. The molecule has 0 unspecified atom stereocenters. The predicted molar refractivity (Wildman–Crippen MR) is 106 cm³/mol. The van der Waals surface area contributed by atoms with Crippen molar-refractivity contribution >= 4 is 11.6 Å². The maximum Gasteiger partial charge on any atom is 0.239 e. The summed E-state index contributed by atoms with van der Waals surface area (Å²) in [6, 6.07) is 15.2. The highest BCUT2D eigenvalue weighted by Gasteiger charge is 2.04. The quantitative estimate of drug-likeness (QED) is 0.593. The van der Waals surface area contributed by atoms with Crippen LogP contribution in [0.3, 0.4) is 0 Å². The molecule has 27 heavy (non-hydrogen) atoms. The molecule has 6 nitrogen and oxygen atoms in total. The van der Waals surface area contributed by atoms with E-state index in [9.17, 15) is 4.79 Å². The van der Waals surface area contributed by atoms with Gasteiger partial charge in [0.15, 0.2) is 0 Å². The Hall–Kier alpha value is -2.73. The number of carbonyl (C=O) groups is 1. The zero-order valence-electron chi connectivity index (χ0n) is 16.2. The van der Waals surface area contributed by atoms with E-state index in [0.717, 1.165) is 22.7 Å². The number of methoxy groups -OCH3 is 1. The Morgan fingerprint density at radius 3 is 2.52 bits per heavy atom. The Balaban J connectivity index is 1.73. The zero-order valence-corrected chi connectivity index (χ0v) is 16.2. The van der Waals surface area contributed by atoms with Gasteiger partial charge in [0, 0.05) is 25.4 Å². The Bertz CT molecular complexity index is 702. The first-order valence-corrected chi connectivity index (χ1v) is 9.05. The lowest BCUT2D eigenvalue weighted by Crippen LogP contribution is -2.29. The number of carbonyl (C=O) groups excluding carboxylic acids is 1. The van der Waals surface area contributed by atoms with E-state index in [1.165, 1.54) is 0 Å². The molecule has 0 aromatic heterocycles. The molecule has 146 valence electrons. The van der Waals surface area contributed by atoms with E-state index in [1.54, 1.807) is 7.11 Å². The van der Waals surface area contributed by atoms with Crippen LogP contribution in [0.5, 0.6) is 11.5 Å². The normalized spacial score (nSPS) is 10.5. The van der Waals surface area contributed by atoms with Crippen molar-refractivity contribution in [2.45, 2.75) is 26.5 Å². The fourth-order valence-electron chi connectivity index (χ4n) is 2.34. The maximum absolute atomic E-state index is 12.1. The lowest BCUT2D eigenvalue weighted by molar-refractivity contribution is -0.119. The molecule has 2 N–H and O–H groups in total. The van der Waals surface area contributed by atoms with Gasteiger partial charge in [0.05, 0.1) is 19.3 Å². The molecule has 2 aromatic carbocycles. The Kier molecular flexibility index (Phi) is 8.45. The van der Waals surface area contributed by atoms with Crippen molar-refractivity contribution in [3.63, 3.8) is 0 Å². The van der Waals surface area contributed by atoms with Gasteiger partial charge in [0.1, 0.15) is 18.1 Å². The minimum Gasteiger partial charge on any atom is -0.491 e. The number of hydrogen-bond acceptors (Lipinski definition) is 5. The fraction of sp³-hybridized carbons (Fsp3) is 0.381. The van der Waals surface area contributed by atoms with Crippen LogP contribution in [-0.2, 0) is 16.1 Å². The highest BCUT2D eigenvalue weighted by Crippen LogP contribution is 2.17. The van der Waals surface area contributed by atoms with Gasteiger partial charge in [-0.1, -0.05) is 18.2 Å². The average Bonchev–Trinajstić information content (AvgIpc) is 2.66. The third-order valence-electron chi connectivity index (χ3n) is 3.63. The SMILES string of the molecule is COCCOc1cccc(NCC(=O)NCc2ccc(OC(C)C)cc2)c1. The van der Waals surface area contributed by atoms with E-state index < -0.39 is 0 Å². The Morgan fingerprint density at radius 1 is 1.04 bits per heavy atom. The van der Waals surface area contributed by atoms with Crippen LogP contribution in [0.2, 0.25) is 0 Å². The second-order valence-electron chi connectivity index (χ2n) is 6.31. The summed E-state index contributed by atoms with van der Waals surface area (Å²) in [5.41, 5.74) is 1.85. The Labute approximate surface area is 160 Å². The average molecular weight is 372 g/mol. The van der Waals surface area contributed by atoms with Crippen LogP contribution in [-0.4, -0.2) is 38.9 Å². The largest absolute Gasteiger partial charge is 0.491 e. The first kappa shape index (κ1) is 20.6. The molecule has 0 aliphatic carbocycles. The van der Waals surface area contributed by atoms with Gasteiger partial charge < -0.3 is 24.8 Å². The van der Waals surface area contributed by atoms with E-state index in [2.05, 4.69) is 10.6 Å². The molecule has 0 radical (unpaired) electrons. The molecule has 2 rings (SSSR count). The summed E-state index contributed by atoms with van der Waals surface area (Å²) >= 11 is 0. The highest BCUT2D eigenvalue weighted by molar-refractivity contribution is 5.80. The lowest BCUT2D eigenvalue weighted by atomic mass is 10.2. The van der Waals surface area contributed by atoms with Crippen LogP contribution >= 0.6 is 0 Å². The molecule has 0 bridgehead atoms. The van der Waals surface area contributed by atoms with E-state index in [4.69, 9.17) is 14.2 Å². The first-order chi connectivity index (χ1) is 13.1. The van der Waals surface area contributed by atoms with E-state index in [-0.39, 0.29) is 18.6 Å². The lowest BCUT2D eigenvalue weighted by Gasteiger charge is -2.11. The number of amides is 1. The zero-order chi connectivity index (χ0) is 19.5. The summed E-state index contributed by atoms with van der Waals surface area (Å²) in [5.74, 6) is 1.48. The Morgan fingerprint density at radius 2 is 1.81 bits per heavy atom. The van der Waals surface area contributed by atoms with Gasteiger partial charge in [-0.2, -0.15) is 0 Å². The summed E-state index contributed by atoms with van der Waals surface area (Å²) in [4.78, 5) is 12.1. The first-order valence-electron chi connectivity index (χ1n) is 9.05. The molecule has 6 heteroatoms. The smallest absolute Gasteiger partial charge is 0.239 e. The van der Waals surface area contributed by atoms with Crippen molar-refractivity contribution < 1.29 is 19.0 Å². The van der Waals surface area contributed by atoms with Gasteiger partial charge in [-0.25, -0.2) is 0 Å². The van der Waals surface area contributed by atoms with E-state index >= 15 is 0 Å². The second kappa shape index (κ2) is 11.1. The minimum atomic E-state index is -0.0804. The van der Waals surface area contributed by atoms with Gasteiger partial charge in [-0.3, -0.25) is 4.79 Å². The van der Waals surface area contributed by atoms with Gasteiger partial charge in [-0.05, 0) is 43.7 Å². The third-order valence-corrected chi connectivity index (χ3v) is 3.63. The number of hydrogen-bond donors (Lipinski definition) is 2. The molecular formula is C21H28N2O4. The number of nitrogens with one attached hydrogen (secondary N) is 2. The molecule has 0 aliphatic rings. The van der Waals surface area contributed by atoms with Gasteiger partial charge >= 0.3 is 0 Å².